The fourth-order valence-corrected chi connectivity index (χ4v) is 3.66. The van der Waals surface area contributed by atoms with Gasteiger partial charge in [0.15, 0.2) is 0 Å². The lowest BCUT2D eigenvalue weighted by molar-refractivity contribution is -0.142. The van der Waals surface area contributed by atoms with E-state index in [-0.39, 0.29) is 19.5 Å². The molecule has 0 saturated carbocycles. The van der Waals surface area contributed by atoms with E-state index in [4.69, 9.17) is 30.2 Å². The van der Waals surface area contributed by atoms with E-state index in [1.807, 2.05) is 24.3 Å². The number of benzene rings is 1. The summed E-state index contributed by atoms with van der Waals surface area (Å²) in [6, 6.07) is 14.4. The SMILES string of the molecule is CC(Cc1ccc(N)cc1)(C(=O)NCc1ccc[nH]c1=S)C(=O)NCc1ccc[nH]c1=S. The zero-order valence-electron chi connectivity index (χ0n) is 17.6. The second-order valence-corrected chi connectivity index (χ2v) is 8.48. The molecule has 0 atom stereocenters. The highest BCUT2D eigenvalue weighted by Gasteiger charge is 2.41. The predicted octanol–water partition coefficient (Wildman–Crippen LogP) is 3.57. The number of nitrogens with one attached hydrogen (secondary N) is 4. The lowest BCUT2D eigenvalue weighted by atomic mass is 9.81. The lowest BCUT2D eigenvalue weighted by Crippen LogP contribution is -2.50. The van der Waals surface area contributed by atoms with Gasteiger partial charge >= 0.3 is 0 Å². The molecular weight excluding hydrogens is 442 g/mol. The van der Waals surface area contributed by atoms with E-state index in [0.717, 1.165) is 16.7 Å². The van der Waals surface area contributed by atoms with Gasteiger partial charge in [0.1, 0.15) is 14.7 Å². The van der Waals surface area contributed by atoms with Crippen LogP contribution in [0.15, 0.2) is 60.9 Å². The Labute approximate surface area is 196 Å². The van der Waals surface area contributed by atoms with Gasteiger partial charge in [-0.25, -0.2) is 0 Å². The number of aromatic nitrogens is 2. The van der Waals surface area contributed by atoms with Crippen molar-refractivity contribution in [3.8, 4) is 0 Å². The molecule has 0 aliphatic carbocycles. The van der Waals surface area contributed by atoms with Crippen LogP contribution in [0.4, 0.5) is 5.69 Å². The predicted molar refractivity (Wildman–Crippen MR) is 130 cm³/mol. The molecule has 0 unspecified atom stereocenters. The largest absolute Gasteiger partial charge is 0.399 e. The van der Waals surface area contributed by atoms with Crippen LogP contribution in [-0.4, -0.2) is 21.8 Å². The summed E-state index contributed by atoms with van der Waals surface area (Å²) in [6.45, 7) is 2.05. The molecule has 2 aromatic heterocycles. The van der Waals surface area contributed by atoms with Crippen molar-refractivity contribution in [2.45, 2.75) is 26.4 Å². The van der Waals surface area contributed by atoms with Gasteiger partial charge in [-0.15, -0.1) is 0 Å². The van der Waals surface area contributed by atoms with Gasteiger partial charge < -0.3 is 26.3 Å². The highest BCUT2D eigenvalue weighted by atomic mass is 32.1. The van der Waals surface area contributed by atoms with Gasteiger partial charge in [-0.05, 0) is 43.2 Å². The first-order valence-electron chi connectivity index (χ1n) is 10.0. The molecule has 0 saturated heterocycles. The minimum absolute atomic E-state index is 0.203. The van der Waals surface area contributed by atoms with Crippen molar-refractivity contribution in [1.29, 1.82) is 0 Å². The first-order valence-corrected chi connectivity index (χ1v) is 10.9. The third kappa shape index (κ3) is 5.68. The first kappa shape index (κ1) is 23.4. The third-order valence-electron chi connectivity index (χ3n) is 5.22. The third-order valence-corrected chi connectivity index (χ3v) is 5.98. The number of nitrogens with two attached hydrogens (primary N) is 1. The Hall–Kier alpha value is -3.30. The average Bonchev–Trinajstić information content (AvgIpc) is 2.79. The van der Waals surface area contributed by atoms with Crippen molar-refractivity contribution in [3.63, 3.8) is 0 Å². The summed E-state index contributed by atoms with van der Waals surface area (Å²) < 4.78 is 1.08. The summed E-state index contributed by atoms with van der Waals surface area (Å²) in [5, 5.41) is 5.73. The number of anilines is 1. The second kappa shape index (κ2) is 10.3. The molecule has 2 amide bonds. The standard InChI is InChI=1S/C23H25N5O2S2/c1-23(12-15-6-8-18(24)9-7-15,21(29)27-13-16-4-2-10-25-19(16)31)22(30)28-14-17-5-3-11-26-20(17)32/h2-11H,12-14,24H2,1H3,(H,25,31)(H,26,32)(H,27,29)(H,28,30). The van der Waals surface area contributed by atoms with E-state index in [1.54, 1.807) is 43.6 Å². The Morgan fingerprint density at radius 2 is 1.34 bits per heavy atom. The van der Waals surface area contributed by atoms with Gasteiger partial charge in [0.25, 0.3) is 0 Å². The Morgan fingerprint density at radius 3 is 1.78 bits per heavy atom. The van der Waals surface area contributed by atoms with Crippen molar-refractivity contribution in [1.82, 2.24) is 20.6 Å². The molecule has 7 nitrogen and oxygen atoms in total. The number of aromatic amines is 2. The van der Waals surface area contributed by atoms with Gasteiger partial charge in [0.05, 0.1) is 0 Å². The molecule has 0 fully saturated rings. The molecule has 0 radical (unpaired) electrons. The Bertz CT molecular complexity index is 1150. The monoisotopic (exact) mass is 467 g/mol. The first-order chi connectivity index (χ1) is 15.3. The molecule has 3 rings (SSSR count). The number of H-pyrrole nitrogens is 2. The molecule has 32 heavy (non-hydrogen) atoms. The van der Waals surface area contributed by atoms with Crippen molar-refractivity contribution in [2.75, 3.05) is 5.73 Å². The number of pyridine rings is 2. The van der Waals surface area contributed by atoms with Crippen molar-refractivity contribution in [2.24, 2.45) is 5.41 Å². The molecule has 0 bridgehead atoms. The molecule has 2 heterocycles. The van der Waals surface area contributed by atoms with Crippen LogP contribution >= 0.6 is 24.4 Å². The number of hydrogen-bond donors (Lipinski definition) is 5. The molecule has 0 aliphatic heterocycles. The molecule has 3 aromatic rings. The van der Waals surface area contributed by atoms with Crippen molar-refractivity contribution < 1.29 is 9.59 Å². The number of hydrogen-bond acceptors (Lipinski definition) is 5. The average molecular weight is 468 g/mol. The van der Waals surface area contributed by atoms with E-state index in [9.17, 15) is 9.59 Å². The summed E-state index contributed by atoms with van der Waals surface area (Å²) in [5.41, 5.74) is 7.38. The number of carbonyl (C=O) groups is 2. The van der Waals surface area contributed by atoms with E-state index in [2.05, 4.69) is 20.6 Å². The van der Waals surface area contributed by atoms with Crippen LogP contribution in [0, 0.1) is 14.7 Å². The normalized spacial score (nSPS) is 11.0. The summed E-state index contributed by atoms with van der Waals surface area (Å²) >= 11 is 10.5. The van der Waals surface area contributed by atoms with E-state index >= 15 is 0 Å². The molecule has 0 aliphatic rings. The Morgan fingerprint density at radius 1 is 0.875 bits per heavy atom. The number of rotatable bonds is 8. The minimum atomic E-state index is -1.36. The highest BCUT2D eigenvalue weighted by Crippen LogP contribution is 2.25. The summed E-state index contributed by atoms with van der Waals surface area (Å²) in [6.07, 6.45) is 3.65. The minimum Gasteiger partial charge on any atom is -0.399 e. The second-order valence-electron chi connectivity index (χ2n) is 7.66. The quantitative estimate of drug-likeness (QED) is 0.197. The van der Waals surface area contributed by atoms with Crippen LogP contribution in [0.3, 0.4) is 0 Å². The van der Waals surface area contributed by atoms with Gasteiger partial charge in [0, 0.05) is 42.3 Å². The van der Waals surface area contributed by atoms with Gasteiger partial charge in [-0.2, -0.15) is 0 Å². The van der Waals surface area contributed by atoms with Crippen LogP contribution in [0.25, 0.3) is 0 Å². The van der Waals surface area contributed by atoms with Crippen molar-refractivity contribution in [3.05, 3.63) is 86.9 Å². The van der Waals surface area contributed by atoms with Crippen LogP contribution in [-0.2, 0) is 29.1 Å². The number of carbonyl (C=O) groups excluding carboxylic acids is 2. The summed E-state index contributed by atoms with van der Waals surface area (Å²) in [4.78, 5) is 32.4. The molecule has 1 aromatic carbocycles. The molecule has 0 spiro atoms. The molecule has 9 heteroatoms. The fraction of sp³-hybridized carbons (Fsp3) is 0.217. The Balaban J connectivity index is 1.81. The van der Waals surface area contributed by atoms with E-state index < -0.39 is 17.2 Å². The van der Waals surface area contributed by atoms with E-state index in [0.29, 0.717) is 15.0 Å². The fourth-order valence-electron chi connectivity index (χ4n) is 3.24. The summed E-state index contributed by atoms with van der Waals surface area (Å²) in [7, 11) is 0. The van der Waals surface area contributed by atoms with Gasteiger partial charge in [-0.3, -0.25) is 9.59 Å². The maximum Gasteiger partial charge on any atom is 0.236 e. The summed E-state index contributed by atoms with van der Waals surface area (Å²) in [5.74, 6) is -0.799. The highest BCUT2D eigenvalue weighted by molar-refractivity contribution is 7.71. The molecular formula is C23H25N5O2S2. The van der Waals surface area contributed by atoms with Crippen molar-refractivity contribution >= 4 is 41.9 Å². The van der Waals surface area contributed by atoms with E-state index in [1.165, 1.54) is 0 Å². The lowest BCUT2D eigenvalue weighted by Gasteiger charge is -2.27. The van der Waals surface area contributed by atoms with Crippen LogP contribution in [0.1, 0.15) is 23.6 Å². The molecule has 6 N–H and O–H groups in total. The van der Waals surface area contributed by atoms with Gasteiger partial charge in [0.2, 0.25) is 11.8 Å². The van der Waals surface area contributed by atoms with Gasteiger partial charge in [-0.1, -0.05) is 48.7 Å². The number of amides is 2. The van der Waals surface area contributed by atoms with Crippen LogP contribution in [0.2, 0.25) is 0 Å². The molecule has 166 valence electrons. The number of nitrogen functional groups attached to an aromatic ring is 1. The van der Waals surface area contributed by atoms with Crippen LogP contribution in [0.5, 0.6) is 0 Å². The topological polar surface area (TPSA) is 116 Å². The zero-order valence-corrected chi connectivity index (χ0v) is 19.2. The smallest absolute Gasteiger partial charge is 0.236 e. The maximum absolute atomic E-state index is 13.3. The maximum atomic E-state index is 13.3. The Kier molecular flexibility index (Phi) is 7.55. The zero-order chi connectivity index (χ0) is 23.1. The van der Waals surface area contributed by atoms with Crippen LogP contribution < -0.4 is 16.4 Å².